The van der Waals surface area contributed by atoms with Crippen LogP contribution in [0.1, 0.15) is 61.6 Å². The number of benzene rings is 2. The second kappa shape index (κ2) is 11.4. The summed E-state index contributed by atoms with van der Waals surface area (Å²) in [6.07, 6.45) is 6.30. The van der Waals surface area contributed by atoms with E-state index in [1.54, 1.807) is 18.2 Å². The summed E-state index contributed by atoms with van der Waals surface area (Å²) in [5, 5.41) is 20.2. The molecule has 0 heterocycles. The van der Waals surface area contributed by atoms with Crippen molar-refractivity contribution in [2.75, 3.05) is 6.61 Å². The van der Waals surface area contributed by atoms with Crippen LogP contribution < -0.4 is 4.74 Å². The van der Waals surface area contributed by atoms with E-state index in [0.717, 1.165) is 5.57 Å². The van der Waals surface area contributed by atoms with Gasteiger partial charge in [0, 0.05) is 18.1 Å². The molecule has 0 radical (unpaired) electrons. The Morgan fingerprint density at radius 3 is 2.46 bits per heavy atom. The molecule has 2 aliphatic rings. The molecular formula is C28H31F3O4. The third-order valence-corrected chi connectivity index (χ3v) is 6.81. The Labute approximate surface area is 203 Å². The molecule has 2 N–H and O–H groups in total. The van der Waals surface area contributed by atoms with Crippen molar-refractivity contribution in [2.24, 2.45) is 5.92 Å². The Hall–Kier alpha value is -2.61. The molecule has 1 saturated carbocycles. The van der Waals surface area contributed by atoms with Gasteiger partial charge in [0.2, 0.25) is 12.1 Å². The van der Waals surface area contributed by atoms with Gasteiger partial charge in [0.1, 0.15) is 5.82 Å². The van der Waals surface area contributed by atoms with E-state index in [-0.39, 0.29) is 35.8 Å². The van der Waals surface area contributed by atoms with E-state index in [1.807, 2.05) is 19.1 Å². The van der Waals surface area contributed by atoms with Crippen LogP contribution in [0.5, 0.6) is 5.75 Å². The molecule has 4 nitrogen and oxygen atoms in total. The normalized spacial score (nSPS) is 23.1. The third-order valence-electron chi connectivity index (χ3n) is 6.81. The smallest absolute Gasteiger partial charge is 0.204 e. The van der Waals surface area contributed by atoms with Crippen LogP contribution in [0.3, 0.4) is 0 Å². The highest BCUT2D eigenvalue weighted by Crippen LogP contribution is 2.37. The van der Waals surface area contributed by atoms with Gasteiger partial charge in [-0.3, -0.25) is 0 Å². The van der Waals surface area contributed by atoms with E-state index in [2.05, 4.69) is 0 Å². The molecule has 188 valence electrons. The zero-order chi connectivity index (χ0) is 24.9. The van der Waals surface area contributed by atoms with Gasteiger partial charge in [-0.1, -0.05) is 36.4 Å². The molecule has 0 amide bonds. The fraction of sp³-hybridized carbons (Fsp3) is 0.429. The lowest BCUT2D eigenvalue weighted by Crippen LogP contribution is -2.26. The molecule has 2 aromatic rings. The van der Waals surface area contributed by atoms with E-state index in [0.29, 0.717) is 49.8 Å². The molecule has 4 rings (SSSR count). The second-order valence-corrected chi connectivity index (χ2v) is 9.16. The topological polar surface area (TPSA) is 58.9 Å². The molecule has 0 aliphatic heterocycles. The average molecular weight is 489 g/mol. The standard InChI is InChI=1S/C28H31F3O4/c1-2-34-16-21-8-7-20(15-24(21)29)17-3-5-19(6-4-17)28(33)35-25-14-13-23(26(30)27(25)31)18-9-11-22(32)12-10-18/h3-5,7-8,13-15,18-19,22,28,32-33H,2,6,9-12,16H2,1H3. The molecule has 35 heavy (non-hydrogen) atoms. The number of halogens is 3. The van der Waals surface area contributed by atoms with Gasteiger partial charge >= 0.3 is 0 Å². The summed E-state index contributed by atoms with van der Waals surface area (Å²) < 4.78 is 54.5. The Kier molecular flexibility index (Phi) is 8.31. The van der Waals surface area contributed by atoms with Crippen LogP contribution in [0.2, 0.25) is 0 Å². The molecule has 2 aromatic carbocycles. The maximum Gasteiger partial charge on any atom is 0.204 e. The molecule has 2 unspecified atom stereocenters. The summed E-state index contributed by atoms with van der Waals surface area (Å²) in [6.45, 7) is 2.57. The number of aliphatic hydroxyl groups excluding tert-OH is 2. The highest BCUT2D eigenvalue weighted by Gasteiger charge is 2.27. The monoisotopic (exact) mass is 488 g/mol. The first-order chi connectivity index (χ1) is 16.9. The van der Waals surface area contributed by atoms with Crippen LogP contribution in [-0.4, -0.2) is 29.2 Å². The first-order valence-electron chi connectivity index (χ1n) is 12.1. The Morgan fingerprint density at radius 1 is 1.03 bits per heavy atom. The van der Waals surface area contributed by atoms with Gasteiger partial charge in [-0.05, 0) is 73.8 Å². The number of ether oxygens (including phenoxy) is 2. The van der Waals surface area contributed by atoms with Gasteiger partial charge in [0.15, 0.2) is 11.6 Å². The van der Waals surface area contributed by atoms with Gasteiger partial charge in [0.05, 0.1) is 12.7 Å². The van der Waals surface area contributed by atoms with Crippen molar-refractivity contribution < 1.29 is 32.9 Å². The summed E-state index contributed by atoms with van der Waals surface area (Å²) >= 11 is 0. The van der Waals surface area contributed by atoms with Crippen LogP contribution in [0.15, 0.2) is 48.6 Å². The molecule has 1 fully saturated rings. The minimum atomic E-state index is -1.38. The average Bonchev–Trinajstić information content (AvgIpc) is 2.87. The summed E-state index contributed by atoms with van der Waals surface area (Å²) in [7, 11) is 0. The summed E-state index contributed by atoms with van der Waals surface area (Å²) in [6, 6.07) is 7.80. The van der Waals surface area contributed by atoms with Crippen LogP contribution in [0.25, 0.3) is 5.57 Å². The summed E-state index contributed by atoms with van der Waals surface area (Å²) in [5.74, 6) is -3.39. The molecule has 2 atom stereocenters. The van der Waals surface area contributed by atoms with E-state index < -0.39 is 23.8 Å². The maximum absolute atomic E-state index is 14.7. The molecular weight excluding hydrogens is 457 g/mol. The van der Waals surface area contributed by atoms with Gasteiger partial charge < -0.3 is 19.7 Å². The molecule has 0 spiro atoms. The third kappa shape index (κ3) is 5.97. The van der Waals surface area contributed by atoms with E-state index >= 15 is 0 Å². The number of rotatable bonds is 8. The number of hydrogen-bond acceptors (Lipinski definition) is 4. The van der Waals surface area contributed by atoms with Gasteiger partial charge in [-0.15, -0.1) is 0 Å². The van der Waals surface area contributed by atoms with Crippen molar-refractivity contribution in [1.82, 2.24) is 0 Å². The molecule has 7 heteroatoms. The predicted molar refractivity (Wildman–Crippen MR) is 127 cm³/mol. The molecule has 0 bridgehead atoms. The zero-order valence-corrected chi connectivity index (χ0v) is 19.7. The number of hydrogen-bond donors (Lipinski definition) is 2. The number of allylic oxidation sites excluding steroid dienone is 3. The summed E-state index contributed by atoms with van der Waals surface area (Å²) in [5.41, 5.74) is 2.27. The van der Waals surface area contributed by atoms with Crippen LogP contribution in [-0.2, 0) is 11.3 Å². The lowest BCUT2D eigenvalue weighted by Gasteiger charge is -2.27. The van der Waals surface area contributed by atoms with Crippen molar-refractivity contribution in [3.63, 3.8) is 0 Å². The highest BCUT2D eigenvalue weighted by molar-refractivity contribution is 5.75. The van der Waals surface area contributed by atoms with Gasteiger partial charge in [-0.2, -0.15) is 4.39 Å². The van der Waals surface area contributed by atoms with Crippen molar-refractivity contribution in [2.45, 2.75) is 63.9 Å². The van der Waals surface area contributed by atoms with Crippen LogP contribution >= 0.6 is 0 Å². The minimum absolute atomic E-state index is 0.144. The van der Waals surface area contributed by atoms with Crippen molar-refractivity contribution >= 4 is 5.57 Å². The Bertz CT molecular complexity index is 1090. The van der Waals surface area contributed by atoms with Gasteiger partial charge in [0.25, 0.3) is 0 Å². The SMILES string of the molecule is CCOCc1ccc(C2=CCC(C(O)Oc3ccc(C4CCC(O)CC4)c(F)c3F)C=C2)cc1F. The Morgan fingerprint density at radius 2 is 1.80 bits per heavy atom. The predicted octanol–water partition coefficient (Wildman–Crippen LogP) is 6.02. The van der Waals surface area contributed by atoms with E-state index in [9.17, 15) is 23.4 Å². The quantitative estimate of drug-likeness (QED) is 0.447. The molecule has 2 aliphatic carbocycles. The summed E-state index contributed by atoms with van der Waals surface area (Å²) in [4.78, 5) is 0. The Balaban J connectivity index is 1.38. The highest BCUT2D eigenvalue weighted by atomic mass is 19.2. The maximum atomic E-state index is 14.7. The lowest BCUT2D eigenvalue weighted by molar-refractivity contribution is -0.0501. The van der Waals surface area contributed by atoms with E-state index in [4.69, 9.17) is 9.47 Å². The molecule has 0 aromatic heterocycles. The lowest BCUT2D eigenvalue weighted by atomic mass is 9.82. The fourth-order valence-corrected chi connectivity index (χ4v) is 4.68. The second-order valence-electron chi connectivity index (χ2n) is 9.16. The van der Waals surface area contributed by atoms with Crippen molar-refractivity contribution in [3.8, 4) is 5.75 Å². The fourth-order valence-electron chi connectivity index (χ4n) is 4.68. The number of aliphatic hydroxyl groups is 2. The van der Waals surface area contributed by atoms with Gasteiger partial charge in [-0.25, -0.2) is 8.78 Å². The van der Waals surface area contributed by atoms with Crippen molar-refractivity contribution in [1.29, 1.82) is 0 Å². The molecule has 0 saturated heterocycles. The van der Waals surface area contributed by atoms with Crippen LogP contribution in [0.4, 0.5) is 13.2 Å². The first-order valence-corrected chi connectivity index (χ1v) is 12.1. The van der Waals surface area contributed by atoms with Crippen molar-refractivity contribution in [3.05, 3.63) is 82.7 Å². The first kappa shape index (κ1) is 25.5. The minimum Gasteiger partial charge on any atom is -0.461 e. The zero-order valence-electron chi connectivity index (χ0n) is 19.7. The van der Waals surface area contributed by atoms with Crippen LogP contribution in [0, 0.1) is 23.4 Å². The van der Waals surface area contributed by atoms with E-state index in [1.165, 1.54) is 18.2 Å². The largest absolute Gasteiger partial charge is 0.461 e.